The highest BCUT2D eigenvalue weighted by Gasteiger charge is 2.41. The zero-order chi connectivity index (χ0) is 15.7. The van der Waals surface area contributed by atoms with Crippen molar-refractivity contribution in [3.8, 4) is 0 Å². The highest BCUT2D eigenvalue weighted by atomic mass is 16.6. The van der Waals surface area contributed by atoms with Gasteiger partial charge in [0.05, 0.1) is 6.10 Å². The van der Waals surface area contributed by atoms with E-state index in [1.165, 1.54) is 0 Å². The van der Waals surface area contributed by atoms with E-state index in [2.05, 4.69) is 0 Å². The lowest BCUT2D eigenvalue weighted by atomic mass is 9.70. The fourth-order valence-corrected chi connectivity index (χ4v) is 3.49. The number of nitrogens with zero attached hydrogens (tertiary/aromatic N) is 1. The lowest BCUT2D eigenvalue weighted by molar-refractivity contribution is 0.00371. The molecule has 1 amide bonds. The number of amides is 1. The molecule has 1 aliphatic carbocycles. The summed E-state index contributed by atoms with van der Waals surface area (Å²) in [6.45, 7) is 7.10. The Morgan fingerprint density at radius 2 is 1.90 bits per heavy atom. The summed E-state index contributed by atoms with van der Waals surface area (Å²) in [6, 6.07) is 0. The van der Waals surface area contributed by atoms with Crippen LogP contribution >= 0.6 is 0 Å². The van der Waals surface area contributed by atoms with Crippen LogP contribution in [0.4, 0.5) is 4.79 Å². The number of aliphatic hydroxyl groups is 1. The summed E-state index contributed by atoms with van der Waals surface area (Å²) in [5.41, 5.74) is 5.90. The van der Waals surface area contributed by atoms with Crippen molar-refractivity contribution in [2.45, 2.75) is 76.5 Å². The van der Waals surface area contributed by atoms with Crippen molar-refractivity contribution >= 4 is 6.09 Å². The third-order valence-electron chi connectivity index (χ3n) is 4.77. The third kappa shape index (κ3) is 4.33. The van der Waals surface area contributed by atoms with Crippen molar-refractivity contribution in [3.63, 3.8) is 0 Å². The van der Waals surface area contributed by atoms with Gasteiger partial charge in [-0.15, -0.1) is 0 Å². The van der Waals surface area contributed by atoms with Gasteiger partial charge in [-0.25, -0.2) is 4.79 Å². The number of aliphatic hydroxyl groups excluding tert-OH is 1. The number of rotatable bonds is 1. The van der Waals surface area contributed by atoms with Gasteiger partial charge in [-0.2, -0.15) is 0 Å². The molecule has 0 spiro atoms. The Hall–Kier alpha value is -0.810. The van der Waals surface area contributed by atoms with E-state index >= 15 is 0 Å². The zero-order valence-electron chi connectivity index (χ0n) is 13.6. The Bertz CT molecular complexity index is 370. The van der Waals surface area contributed by atoms with Gasteiger partial charge in [0.25, 0.3) is 0 Å². The van der Waals surface area contributed by atoms with E-state index in [9.17, 15) is 9.90 Å². The van der Waals surface area contributed by atoms with Gasteiger partial charge >= 0.3 is 6.09 Å². The summed E-state index contributed by atoms with van der Waals surface area (Å²) in [6.07, 6.45) is 4.86. The predicted molar refractivity (Wildman–Crippen MR) is 81.9 cm³/mol. The predicted octanol–water partition coefficient (Wildman–Crippen LogP) is 2.27. The molecule has 1 aliphatic heterocycles. The van der Waals surface area contributed by atoms with Crippen molar-refractivity contribution in [1.29, 1.82) is 0 Å². The first-order valence-electron chi connectivity index (χ1n) is 8.14. The van der Waals surface area contributed by atoms with Crippen LogP contribution in [0.3, 0.4) is 0 Å². The Morgan fingerprint density at radius 1 is 1.29 bits per heavy atom. The first-order valence-corrected chi connectivity index (χ1v) is 8.14. The molecule has 2 aliphatic rings. The molecule has 2 rings (SSSR count). The molecule has 1 heterocycles. The fourth-order valence-electron chi connectivity index (χ4n) is 3.49. The topological polar surface area (TPSA) is 75.8 Å². The molecular formula is C16H30N2O3. The average molecular weight is 298 g/mol. The van der Waals surface area contributed by atoms with Crippen molar-refractivity contribution < 1.29 is 14.6 Å². The summed E-state index contributed by atoms with van der Waals surface area (Å²) >= 11 is 0. The normalized spacial score (nSPS) is 34.6. The third-order valence-corrected chi connectivity index (χ3v) is 4.77. The molecule has 3 N–H and O–H groups in total. The molecule has 0 aromatic heterocycles. The van der Waals surface area contributed by atoms with Crippen LogP contribution in [-0.2, 0) is 4.74 Å². The number of ether oxygens (including phenoxy) is 1. The zero-order valence-corrected chi connectivity index (χ0v) is 13.6. The van der Waals surface area contributed by atoms with Crippen LogP contribution in [-0.4, -0.2) is 46.4 Å². The standard InChI is InChI=1S/C16H30N2O3/c1-15(2,3)21-14(20)18-10-4-5-12(11-18)16(17)8-6-13(19)7-9-16/h12-13,19H,4-11,17H2,1-3H3. The summed E-state index contributed by atoms with van der Waals surface area (Å²) in [4.78, 5) is 14.0. The first kappa shape index (κ1) is 16.6. The molecule has 21 heavy (non-hydrogen) atoms. The molecule has 122 valence electrons. The monoisotopic (exact) mass is 298 g/mol. The van der Waals surface area contributed by atoms with Crippen LogP contribution in [0.5, 0.6) is 0 Å². The first-order chi connectivity index (χ1) is 9.70. The number of piperidine rings is 1. The highest BCUT2D eigenvalue weighted by Crippen LogP contribution is 2.37. The van der Waals surface area contributed by atoms with Crippen LogP contribution in [0, 0.1) is 5.92 Å². The maximum absolute atomic E-state index is 12.2. The molecule has 1 atom stereocenters. The lowest BCUT2D eigenvalue weighted by Gasteiger charge is -2.46. The second-order valence-corrected chi connectivity index (χ2v) is 7.73. The second-order valence-electron chi connectivity index (χ2n) is 7.73. The Morgan fingerprint density at radius 3 is 2.48 bits per heavy atom. The molecule has 5 heteroatoms. The molecule has 2 fully saturated rings. The number of hydrogen-bond acceptors (Lipinski definition) is 4. The summed E-state index contributed by atoms with van der Waals surface area (Å²) in [7, 11) is 0. The van der Waals surface area contributed by atoms with E-state index in [0.29, 0.717) is 12.5 Å². The van der Waals surface area contributed by atoms with E-state index in [4.69, 9.17) is 10.5 Å². The number of carbonyl (C=O) groups excluding carboxylic acids is 1. The SMILES string of the molecule is CC(C)(C)OC(=O)N1CCCC(C2(N)CCC(O)CC2)C1. The average Bonchev–Trinajstić information content (AvgIpc) is 2.41. The van der Waals surface area contributed by atoms with E-state index in [0.717, 1.165) is 45.1 Å². The van der Waals surface area contributed by atoms with Crippen LogP contribution in [0.2, 0.25) is 0 Å². The largest absolute Gasteiger partial charge is 0.444 e. The molecule has 0 radical (unpaired) electrons. The minimum absolute atomic E-state index is 0.202. The summed E-state index contributed by atoms with van der Waals surface area (Å²) in [5.74, 6) is 0.311. The maximum atomic E-state index is 12.2. The van der Waals surface area contributed by atoms with Gasteiger partial charge in [0, 0.05) is 18.6 Å². The highest BCUT2D eigenvalue weighted by molar-refractivity contribution is 5.68. The Balaban J connectivity index is 1.96. The van der Waals surface area contributed by atoms with Crippen molar-refractivity contribution in [2.24, 2.45) is 11.7 Å². The molecular weight excluding hydrogens is 268 g/mol. The van der Waals surface area contributed by atoms with Gasteiger partial charge in [0.15, 0.2) is 0 Å². The van der Waals surface area contributed by atoms with Crippen LogP contribution in [0.15, 0.2) is 0 Å². The van der Waals surface area contributed by atoms with Crippen LogP contribution in [0.25, 0.3) is 0 Å². The quantitative estimate of drug-likeness (QED) is 0.778. The number of likely N-dealkylation sites (tertiary alicyclic amines) is 1. The van der Waals surface area contributed by atoms with Crippen LogP contribution < -0.4 is 5.73 Å². The van der Waals surface area contributed by atoms with E-state index < -0.39 is 5.60 Å². The minimum atomic E-state index is -0.459. The Labute approximate surface area is 127 Å². The lowest BCUT2D eigenvalue weighted by Crippen LogP contribution is -2.56. The van der Waals surface area contributed by atoms with Crippen molar-refractivity contribution in [2.75, 3.05) is 13.1 Å². The molecule has 1 saturated carbocycles. The van der Waals surface area contributed by atoms with Crippen LogP contribution in [0.1, 0.15) is 59.3 Å². The second kappa shape index (κ2) is 6.13. The fraction of sp³-hybridized carbons (Fsp3) is 0.938. The molecule has 0 aromatic rings. The van der Waals surface area contributed by atoms with E-state index in [1.54, 1.807) is 4.90 Å². The number of carbonyl (C=O) groups is 1. The molecule has 0 bridgehead atoms. The van der Waals surface area contributed by atoms with Gasteiger partial charge in [-0.1, -0.05) is 0 Å². The van der Waals surface area contributed by atoms with Gasteiger partial charge < -0.3 is 20.5 Å². The Kier molecular flexibility index (Phi) is 4.83. The molecule has 0 aromatic carbocycles. The number of hydrogen-bond donors (Lipinski definition) is 2. The van der Waals surface area contributed by atoms with Gasteiger partial charge in [-0.05, 0) is 65.2 Å². The molecule has 1 unspecified atom stereocenters. The van der Waals surface area contributed by atoms with Gasteiger partial charge in [0.2, 0.25) is 0 Å². The maximum Gasteiger partial charge on any atom is 0.410 e. The van der Waals surface area contributed by atoms with Crippen molar-refractivity contribution in [1.82, 2.24) is 4.90 Å². The smallest absolute Gasteiger partial charge is 0.410 e. The molecule has 1 saturated heterocycles. The van der Waals surface area contributed by atoms with Gasteiger partial charge in [-0.3, -0.25) is 0 Å². The van der Waals surface area contributed by atoms with E-state index in [1.807, 2.05) is 20.8 Å². The van der Waals surface area contributed by atoms with Crippen molar-refractivity contribution in [3.05, 3.63) is 0 Å². The number of nitrogens with two attached hydrogens (primary N) is 1. The van der Waals surface area contributed by atoms with E-state index in [-0.39, 0.29) is 17.7 Å². The summed E-state index contributed by atoms with van der Waals surface area (Å²) in [5, 5.41) is 9.67. The minimum Gasteiger partial charge on any atom is -0.444 e. The molecule has 5 nitrogen and oxygen atoms in total. The van der Waals surface area contributed by atoms with Gasteiger partial charge in [0.1, 0.15) is 5.60 Å². The summed E-state index contributed by atoms with van der Waals surface area (Å²) < 4.78 is 5.47.